The quantitative estimate of drug-likeness (QED) is 0.773. The molecule has 0 aromatic heterocycles. The van der Waals surface area contributed by atoms with Crippen molar-refractivity contribution in [3.63, 3.8) is 0 Å². The fourth-order valence-electron chi connectivity index (χ4n) is 1.03. The Morgan fingerprint density at radius 3 is 2.46 bits per heavy atom. The summed E-state index contributed by atoms with van der Waals surface area (Å²) in [5.74, 6) is -0.610. The number of aliphatic hydroxyl groups is 2. The van der Waals surface area contributed by atoms with Crippen molar-refractivity contribution in [3.8, 4) is 0 Å². The van der Waals surface area contributed by atoms with Crippen molar-refractivity contribution < 1.29 is 14.6 Å². The maximum atomic E-state index is 13.1. The molecule has 0 radical (unpaired) electrons. The summed E-state index contributed by atoms with van der Waals surface area (Å²) >= 11 is 5.66. The van der Waals surface area contributed by atoms with Crippen LogP contribution in [0.5, 0.6) is 0 Å². The van der Waals surface area contributed by atoms with Crippen LogP contribution in [-0.4, -0.2) is 16.3 Å². The lowest BCUT2D eigenvalue weighted by Crippen LogP contribution is -2.15. The van der Waals surface area contributed by atoms with Crippen molar-refractivity contribution in [2.24, 2.45) is 0 Å². The largest absolute Gasteiger partial charge is 0.390 e. The lowest BCUT2D eigenvalue weighted by molar-refractivity contribution is 0.0284. The first-order chi connectivity index (χ1) is 6.04. The van der Waals surface area contributed by atoms with Gasteiger partial charge in [-0.3, -0.25) is 0 Å². The minimum atomic E-state index is -1.28. The molecule has 0 fully saturated rings. The topological polar surface area (TPSA) is 40.5 Å². The van der Waals surface area contributed by atoms with Gasteiger partial charge in [0.25, 0.3) is 0 Å². The maximum absolute atomic E-state index is 13.1. The average molecular weight is 205 g/mol. The zero-order valence-corrected chi connectivity index (χ0v) is 7.79. The molecule has 0 aliphatic carbocycles. The number of hydrogen-bond acceptors (Lipinski definition) is 2. The molecule has 4 heteroatoms. The van der Waals surface area contributed by atoms with E-state index in [0.717, 1.165) is 0 Å². The fourth-order valence-corrected chi connectivity index (χ4v) is 1.31. The molecule has 1 aromatic carbocycles. The van der Waals surface area contributed by atoms with Crippen molar-refractivity contribution >= 4 is 11.6 Å². The van der Waals surface area contributed by atoms with Gasteiger partial charge in [0.2, 0.25) is 0 Å². The lowest BCUT2D eigenvalue weighted by Gasteiger charge is -2.15. The van der Waals surface area contributed by atoms with Crippen LogP contribution in [0.25, 0.3) is 0 Å². The molecule has 2 atom stereocenters. The van der Waals surface area contributed by atoms with Gasteiger partial charge in [-0.05, 0) is 19.1 Å². The summed E-state index contributed by atoms with van der Waals surface area (Å²) in [4.78, 5) is 0. The molecule has 0 amide bonds. The Morgan fingerprint density at radius 2 is 2.00 bits per heavy atom. The molecule has 0 spiro atoms. The first-order valence-corrected chi connectivity index (χ1v) is 4.22. The van der Waals surface area contributed by atoms with E-state index in [4.69, 9.17) is 16.7 Å². The lowest BCUT2D eigenvalue weighted by atomic mass is 10.1. The molecule has 1 aromatic rings. The molecule has 0 aliphatic heterocycles. The van der Waals surface area contributed by atoms with E-state index in [9.17, 15) is 9.50 Å². The summed E-state index contributed by atoms with van der Waals surface area (Å²) in [5, 5.41) is 18.6. The standard InChI is InChI=1S/C9H10ClFO2/c1-5(12)9(13)8-6(10)3-2-4-7(8)11/h2-5,9,12-13H,1H3/t5?,9-/m0/s1. The van der Waals surface area contributed by atoms with Gasteiger partial charge in [-0.25, -0.2) is 4.39 Å². The summed E-state index contributed by atoms with van der Waals surface area (Å²) in [6, 6.07) is 4.09. The van der Waals surface area contributed by atoms with Crippen LogP contribution in [0.4, 0.5) is 4.39 Å². The van der Waals surface area contributed by atoms with Crippen LogP contribution in [-0.2, 0) is 0 Å². The molecule has 72 valence electrons. The third-order valence-corrected chi connectivity index (χ3v) is 2.08. The molecule has 2 N–H and O–H groups in total. The molecule has 1 rings (SSSR count). The summed E-state index contributed by atoms with van der Waals surface area (Å²) in [5.41, 5.74) is -0.0563. The van der Waals surface area contributed by atoms with E-state index in [-0.39, 0.29) is 10.6 Å². The van der Waals surface area contributed by atoms with E-state index in [0.29, 0.717) is 0 Å². The Bertz CT molecular complexity index is 281. The van der Waals surface area contributed by atoms with Gasteiger partial charge in [0.15, 0.2) is 0 Å². The van der Waals surface area contributed by atoms with E-state index in [2.05, 4.69) is 0 Å². The third kappa shape index (κ3) is 2.18. The van der Waals surface area contributed by atoms with Crippen LogP contribution >= 0.6 is 11.6 Å². The highest BCUT2D eigenvalue weighted by Crippen LogP contribution is 2.27. The van der Waals surface area contributed by atoms with Crippen LogP contribution in [0.2, 0.25) is 5.02 Å². The molecule has 2 nitrogen and oxygen atoms in total. The summed E-state index contributed by atoms with van der Waals surface area (Å²) < 4.78 is 13.1. The van der Waals surface area contributed by atoms with Crippen LogP contribution in [0, 0.1) is 5.82 Å². The highest BCUT2D eigenvalue weighted by Gasteiger charge is 2.20. The Balaban J connectivity index is 3.12. The predicted molar refractivity (Wildman–Crippen MR) is 48.1 cm³/mol. The van der Waals surface area contributed by atoms with Gasteiger partial charge in [0, 0.05) is 10.6 Å². The maximum Gasteiger partial charge on any atom is 0.130 e. The number of benzene rings is 1. The van der Waals surface area contributed by atoms with Gasteiger partial charge in [0.05, 0.1) is 6.10 Å². The molecular weight excluding hydrogens is 195 g/mol. The highest BCUT2D eigenvalue weighted by molar-refractivity contribution is 6.31. The first-order valence-electron chi connectivity index (χ1n) is 3.84. The smallest absolute Gasteiger partial charge is 0.130 e. The molecule has 0 saturated carbocycles. The highest BCUT2D eigenvalue weighted by atomic mass is 35.5. The second-order valence-corrected chi connectivity index (χ2v) is 3.23. The minimum Gasteiger partial charge on any atom is -0.390 e. The van der Waals surface area contributed by atoms with E-state index in [1.165, 1.54) is 25.1 Å². The third-order valence-electron chi connectivity index (χ3n) is 1.75. The number of halogens is 2. The molecule has 0 saturated heterocycles. The summed E-state index contributed by atoms with van der Waals surface area (Å²) in [6.45, 7) is 1.37. The molecule has 0 heterocycles. The van der Waals surface area contributed by atoms with Crippen LogP contribution in [0.1, 0.15) is 18.6 Å². The SMILES string of the molecule is CC(O)[C@H](O)c1c(F)cccc1Cl. The Kier molecular flexibility index (Phi) is 3.25. The van der Waals surface area contributed by atoms with Crippen LogP contribution < -0.4 is 0 Å². The van der Waals surface area contributed by atoms with Crippen molar-refractivity contribution in [3.05, 3.63) is 34.6 Å². The van der Waals surface area contributed by atoms with Gasteiger partial charge < -0.3 is 10.2 Å². The van der Waals surface area contributed by atoms with Crippen molar-refractivity contribution in [1.82, 2.24) is 0 Å². The second-order valence-electron chi connectivity index (χ2n) is 2.82. The number of aliphatic hydroxyl groups excluding tert-OH is 2. The minimum absolute atomic E-state index is 0.0563. The number of rotatable bonds is 2. The van der Waals surface area contributed by atoms with Gasteiger partial charge in [-0.2, -0.15) is 0 Å². The van der Waals surface area contributed by atoms with E-state index >= 15 is 0 Å². The van der Waals surface area contributed by atoms with Gasteiger partial charge in [0.1, 0.15) is 11.9 Å². The Morgan fingerprint density at radius 1 is 1.38 bits per heavy atom. The summed E-state index contributed by atoms with van der Waals surface area (Å²) in [6.07, 6.45) is -2.33. The zero-order chi connectivity index (χ0) is 10.0. The van der Waals surface area contributed by atoms with E-state index in [1.54, 1.807) is 0 Å². The van der Waals surface area contributed by atoms with E-state index < -0.39 is 18.0 Å². The monoisotopic (exact) mass is 204 g/mol. The first kappa shape index (κ1) is 10.4. The Hall–Kier alpha value is -0.640. The molecule has 13 heavy (non-hydrogen) atoms. The van der Waals surface area contributed by atoms with Crippen molar-refractivity contribution in [2.75, 3.05) is 0 Å². The normalized spacial score (nSPS) is 15.5. The van der Waals surface area contributed by atoms with Gasteiger partial charge in [-0.1, -0.05) is 17.7 Å². The molecule has 0 aliphatic rings. The fraction of sp³-hybridized carbons (Fsp3) is 0.333. The Labute approximate surface area is 80.6 Å². The molecule has 1 unspecified atom stereocenters. The second kappa shape index (κ2) is 4.05. The number of hydrogen-bond donors (Lipinski definition) is 2. The average Bonchev–Trinajstić information content (AvgIpc) is 2.03. The van der Waals surface area contributed by atoms with Crippen molar-refractivity contribution in [2.45, 2.75) is 19.1 Å². The molecule has 0 bridgehead atoms. The molecular formula is C9H10ClFO2. The zero-order valence-electron chi connectivity index (χ0n) is 7.04. The predicted octanol–water partition coefficient (Wildman–Crippen LogP) is 1.89. The van der Waals surface area contributed by atoms with Crippen molar-refractivity contribution in [1.29, 1.82) is 0 Å². The van der Waals surface area contributed by atoms with Crippen LogP contribution in [0.3, 0.4) is 0 Å². The van der Waals surface area contributed by atoms with Gasteiger partial charge in [-0.15, -0.1) is 0 Å². The summed E-state index contributed by atoms with van der Waals surface area (Å²) in [7, 11) is 0. The van der Waals surface area contributed by atoms with Gasteiger partial charge >= 0.3 is 0 Å². The van der Waals surface area contributed by atoms with Crippen LogP contribution in [0.15, 0.2) is 18.2 Å². The van der Waals surface area contributed by atoms with E-state index in [1.807, 2.05) is 0 Å².